The maximum atomic E-state index is 12.8. The Morgan fingerprint density at radius 1 is 1.09 bits per heavy atom. The van der Waals surface area contributed by atoms with Crippen LogP contribution < -0.4 is 0 Å². The van der Waals surface area contributed by atoms with Crippen LogP contribution in [0.25, 0.3) is 0 Å². The van der Waals surface area contributed by atoms with Gasteiger partial charge >= 0.3 is 0 Å². The van der Waals surface area contributed by atoms with E-state index in [0.29, 0.717) is 0 Å². The highest BCUT2D eigenvalue weighted by atomic mass is 16.2. The molecule has 1 aliphatic heterocycles. The molecule has 0 spiro atoms. The lowest BCUT2D eigenvalue weighted by Crippen LogP contribution is -2.37. The summed E-state index contributed by atoms with van der Waals surface area (Å²) < 4.78 is 0. The fraction of sp³-hybridized carbons (Fsp3) is 0.300. The second-order valence-electron chi connectivity index (χ2n) is 6.42. The highest BCUT2D eigenvalue weighted by molar-refractivity contribution is 6.18. The molecule has 3 heteroatoms. The van der Waals surface area contributed by atoms with Gasteiger partial charge in [-0.2, -0.15) is 0 Å². The minimum Gasteiger partial charge on any atom is -0.345 e. The first-order valence-corrected chi connectivity index (χ1v) is 7.98. The number of rotatable bonds is 3. The van der Waals surface area contributed by atoms with E-state index in [1.54, 1.807) is 4.90 Å². The predicted molar refractivity (Wildman–Crippen MR) is 94.2 cm³/mol. The molecular weight excluding hydrogens is 284 g/mol. The van der Waals surface area contributed by atoms with Crippen LogP contribution in [-0.2, 0) is 4.79 Å². The Labute approximate surface area is 137 Å². The van der Waals surface area contributed by atoms with Crippen molar-refractivity contribution < 1.29 is 4.79 Å². The van der Waals surface area contributed by atoms with Gasteiger partial charge in [0.25, 0.3) is 0 Å². The summed E-state index contributed by atoms with van der Waals surface area (Å²) in [6, 6.07) is 18.0. The summed E-state index contributed by atoms with van der Waals surface area (Å²) in [5.41, 5.74) is 3.38. The molecule has 0 saturated carbocycles. The molecule has 23 heavy (non-hydrogen) atoms. The number of carbonyl (C=O) groups is 1. The normalized spacial score (nSPS) is 21.8. The van der Waals surface area contributed by atoms with E-state index in [9.17, 15) is 4.79 Å². The third-order valence-electron chi connectivity index (χ3n) is 4.69. The minimum atomic E-state index is -0.573. The Morgan fingerprint density at radius 3 is 2.35 bits per heavy atom. The van der Waals surface area contributed by atoms with Crippen molar-refractivity contribution in [2.24, 2.45) is 10.4 Å². The Kier molecular flexibility index (Phi) is 4.03. The quantitative estimate of drug-likeness (QED) is 0.789. The van der Waals surface area contributed by atoms with Crippen LogP contribution in [0.4, 0.5) is 5.69 Å². The van der Waals surface area contributed by atoms with Gasteiger partial charge in [-0.1, -0.05) is 42.5 Å². The number of nitrogens with zero attached hydrogens (tertiary/aromatic N) is 2. The molecule has 1 saturated heterocycles. The number of amides is 1. The van der Waals surface area contributed by atoms with Crippen LogP contribution in [0, 0.1) is 12.3 Å². The fourth-order valence-corrected chi connectivity index (χ4v) is 3.19. The molecule has 1 amide bonds. The average molecular weight is 306 g/mol. The second kappa shape index (κ2) is 5.99. The van der Waals surface area contributed by atoms with Gasteiger partial charge in [0.15, 0.2) is 0 Å². The van der Waals surface area contributed by atoms with Crippen LogP contribution in [-0.4, -0.2) is 30.1 Å². The number of benzene rings is 2. The first-order chi connectivity index (χ1) is 11.0. The summed E-state index contributed by atoms with van der Waals surface area (Å²) in [6.45, 7) is 4.87. The number of para-hydroxylation sites is 1. The van der Waals surface area contributed by atoms with Crippen molar-refractivity contribution in [2.45, 2.75) is 20.3 Å². The summed E-state index contributed by atoms with van der Waals surface area (Å²) in [6.07, 6.45) is 0.794. The molecule has 1 aliphatic rings. The van der Waals surface area contributed by atoms with Crippen molar-refractivity contribution >= 4 is 17.3 Å². The van der Waals surface area contributed by atoms with Crippen LogP contribution >= 0.6 is 0 Å². The van der Waals surface area contributed by atoms with Crippen molar-refractivity contribution in [1.82, 2.24) is 4.90 Å². The standard InChI is InChI=1S/C20H22N2O/c1-15-9-7-8-12-17(15)18(21-16-10-5-4-6-11-16)20(2)13-14-22(3)19(20)23/h4-12H,13-14H2,1-3H3/b21-18+/t20-/m0/s1. The maximum Gasteiger partial charge on any atom is 0.234 e. The molecule has 0 unspecified atom stereocenters. The van der Waals surface area contributed by atoms with Crippen molar-refractivity contribution in [3.05, 3.63) is 65.7 Å². The Hall–Kier alpha value is -2.42. The lowest BCUT2D eigenvalue weighted by atomic mass is 9.78. The SMILES string of the molecule is Cc1ccccc1/C(=N\c1ccccc1)[C@]1(C)CCN(C)C1=O. The van der Waals surface area contributed by atoms with E-state index in [4.69, 9.17) is 4.99 Å². The van der Waals surface area contributed by atoms with Crippen LogP contribution in [0.1, 0.15) is 24.5 Å². The molecular formula is C20H22N2O. The smallest absolute Gasteiger partial charge is 0.234 e. The summed E-state index contributed by atoms with van der Waals surface area (Å²) in [5, 5.41) is 0. The molecule has 0 bridgehead atoms. The number of hydrogen-bond acceptors (Lipinski definition) is 2. The lowest BCUT2D eigenvalue weighted by molar-refractivity contribution is -0.131. The largest absolute Gasteiger partial charge is 0.345 e. The van der Waals surface area contributed by atoms with Gasteiger partial charge in [0.2, 0.25) is 5.91 Å². The zero-order valence-corrected chi connectivity index (χ0v) is 13.9. The number of aryl methyl sites for hydroxylation is 1. The Morgan fingerprint density at radius 2 is 1.74 bits per heavy atom. The first kappa shape index (κ1) is 15.5. The van der Waals surface area contributed by atoms with Gasteiger partial charge in [0.1, 0.15) is 0 Å². The van der Waals surface area contributed by atoms with Crippen molar-refractivity contribution in [3.8, 4) is 0 Å². The molecule has 0 radical (unpaired) electrons. The number of aliphatic imine (C=N–C) groups is 1. The van der Waals surface area contributed by atoms with E-state index in [-0.39, 0.29) is 5.91 Å². The molecule has 3 nitrogen and oxygen atoms in total. The monoisotopic (exact) mass is 306 g/mol. The summed E-state index contributed by atoms with van der Waals surface area (Å²) in [4.78, 5) is 19.5. The number of carbonyl (C=O) groups excluding carboxylic acids is 1. The predicted octanol–water partition coefficient (Wildman–Crippen LogP) is 3.98. The average Bonchev–Trinajstić information content (AvgIpc) is 2.83. The molecule has 3 rings (SSSR count). The van der Waals surface area contributed by atoms with Crippen LogP contribution in [0.3, 0.4) is 0 Å². The molecule has 1 heterocycles. The third kappa shape index (κ3) is 2.79. The number of likely N-dealkylation sites (tertiary alicyclic amines) is 1. The van der Waals surface area contributed by atoms with Gasteiger partial charge in [0, 0.05) is 13.6 Å². The second-order valence-corrected chi connectivity index (χ2v) is 6.42. The molecule has 1 fully saturated rings. The molecule has 2 aromatic carbocycles. The summed E-state index contributed by atoms with van der Waals surface area (Å²) in [5.74, 6) is 0.149. The van der Waals surface area contributed by atoms with E-state index in [0.717, 1.165) is 35.5 Å². The van der Waals surface area contributed by atoms with E-state index >= 15 is 0 Å². The van der Waals surface area contributed by atoms with E-state index in [1.165, 1.54) is 0 Å². The first-order valence-electron chi connectivity index (χ1n) is 7.98. The minimum absolute atomic E-state index is 0.149. The van der Waals surface area contributed by atoms with Crippen molar-refractivity contribution in [1.29, 1.82) is 0 Å². The van der Waals surface area contributed by atoms with Crippen LogP contribution in [0.5, 0.6) is 0 Å². The molecule has 2 aromatic rings. The Bertz CT molecular complexity index is 751. The molecule has 1 atom stereocenters. The van der Waals surface area contributed by atoms with Crippen molar-refractivity contribution in [3.63, 3.8) is 0 Å². The summed E-state index contributed by atoms with van der Waals surface area (Å²) in [7, 11) is 1.87. The lowest BCUT2D eigenvalue weighted by Gasteiger charge is -2.26. The van der Waals surface area contributed by atoms with Gasteiger partial charge in [-0.05, 0) is 43.5 Å². The molecule has 0 N–H and O–H groups in total. The van der Waals surface area contributed by atoms with E-state index < -0.39 is 5.41 Å². The van der Waals surface area contributed by atoms with E-state index in [2.05, 4.69) is 19.1 Å². The highest BCUT2D eigenvalue weighted by Crippen LogP contribution is 2.37. The molecule has 0 aromatic heterocycles. The van der Waals surface area contributed by atoms with Crippen LogP contribution in [0.2, 0.25) is 0 Å². The molecule has 0 aliphatic carbocycles. The highest BCUT2D eigenvalue weighted by Gasteiger charge is 2.46. The van der Waals surface area contributed by atoms with Gasteiger partial charge in [0.05, 0.1) is 16.8 Å². The Balaban J connectivity index is 2.18. The zero-order chi connectivity index (χ0) is 16.4. The van der Waals surface area contributed by atoms with Crippen molar-refractivity contribution in [2.75, 3.05) is 13.6 Å². The maximum absolute atomic E-state index is 12.8. The van der Waals surface area contributed by atoms with Crippen LogP contribution in [0.15, 0.2) is 59.6 Å². The topological polar surface area (TPSA) is 32.7 Å². The number of hydrogen-bond donors (Lipinski definition) is 0. The molecule has 118 valence electrons. The zero-order valence-electron chi connectivity index (χ0n) is 13.9. The van der Waals surface area contributed by atoms with Gasteiger partial charge in [-0.3, -0.25) is 9.79 Å². The summed E-state index contributed by atoms with van der Waals surface area (Å²) >= 11 is 0. The van der Waals surface area contributed by atoms with E-state index in [1.807, 2.05) is 56.4 Å². The fourth-order valence-electron chi connectivity index (χ4n) is 3.19. The van der Waals surface area contributed by atoms with Gasteiger partial charge < -0.3 is 4.90 Å². The third-order valence-corrected chi connectivity index (χ3v) is 4.69. The van der Waals surface area contributed by atoms with Gasteiger partial charge in [-0.15, -0.1) is 0 Å². The van der Waals surface area contributed by atoms with Gasteiger partial charge in [-0.25, -0.2) is 0 Å².